The minimum Gasteiger partial charge on any atom is -0.250 e. The van der Waals surface area contributed by atoms with Gasteiger partial charge in [0.25, 0.3) is 0 Å². The van der Waals surface area contributed by atoms with E-state index in [0.29, 0.717) is 0 Å². The van der Waals surface area contributed by atoms with Gasteiger partial charge in [-0.15, -0.1) is 23.1 Å². The second kappa shape index (κ2) is 6.87. The van der Waals surface area contributed by atoms with Crippen LogP contribution in [0.15, 0.2) is 59.1 Å². The van der Waals surface area contributed by atoms with E-state index in [-0.39, 0.29) is 0 Å². The number of pyridine rings is 1. The summed E-state index contributed by atoms with van der Waals surface area (Å²) in [5.41, 5.74) is 3.68. The molecule has 0 saturated heterocycles. The zero-order valence-electron chi connectivity index (χ0n) is 11.8. The fourth-order valence-electron chi connectivity index (χ4n) is 1.97. The Hall–Kier alpha value is -1.65. The third-order valence-corrected chi connectivity index (χ3v) is 5.08. The predicted molar refractivity (Wildman–Crippen MR) is 90.7 cm³/mol. The molecule has 0 atom stereocenters. The summed E-state index contributed by atoms with van der Waals surface area (Å²) in [5, 5.41) is 4.27. The van der Waals surface area contributed by atoms with Gasteiger partial charge in [0.15, 0.2) is 0 Å². The Kier molecular flexibility index (Phi) is 4.68. The molecule has 106 valence electrons. The van der Waals surface area contributed by atoms with Gasteiger partial charge in [0.05, 0.1) is 10.7 Å². The van der Waals surface area contributed by atoms with Gasteiger partial charge in [-0.25, -0.2) is 9.97 Å². The summed E-state index contributed by atoms with van der Waals surface area (Å²) >= 11 is 3.43. The minimum atomic E-state index is 0.862. The lowest BCUT2D eigenvalue weighted by molar-refractivity contribution is 1.12. The zero-order chi connectivity index (χ0) is 14.5. The lowest BCUT2D eigenvalue weighted by Gasteiger charge is -1.99. The number of nitrogens with zero attached hydrogens (tertiary/aromatic N) is 2. The number of aryl methyl sites for hydroxylation is 1. The van der Waals surface area contributed by atoms with Crippen LogP contribution in [0.1, 0.15) is 18.2 Å². The first kappa shape index (κ1) is 14.3. The molecule has 2 aromatic heterocycles. The van der Waals surface area contributed by atoms with Crippen molar-refractivity contribution < 1.29 is 0 Å². The molecule has 0 fully saturated rings. The molecule has 0 aliphatic heterocycles. The van der Waals surface area contributed by atoms with E-state index >= 15 is 0 Å². The Labute approximate surface area is 133 Å². The Balaban J connectivity index is 1.68. The van der Waals surface area contributed by atoms with Crippen molar-refractivity contribution >= 4 is 23.1 Å². The van der Waals surface area contributed by atoms with Crippen molar-refractivity contribution in [1.29, 1.82) is 0 Å². The Morgan fingerprint density at radius 1 is 1.10 bits per heavy atom. The number of aromatic nitrogens is 2. The normalized spacial score (nSPS) is 10.7. The average molecular weight is 312 g/mol. The van der Waals surface area contributed by atoms with Crippen LogP contribution in [0.3, 0.4) is 0 Å². The second-order valence-corrected chi connectivity index (χ2v) is 6.50. The van der Waals surface area contributed by atoms with Gasteiger partial charge in [-0.1, -0.05) is 37.3 Å². The fourth-order valence-corrected chi connectivity index (χ4v) is 3.65. The molecule has 0 amide bonds. The van der Waals surface area contributed by atoms with E-state index in [1.54, 1.807) is 23.1 Å². The van der Waals surface area contributed by atoms with Crippen LogP contribution in [0.4, 0.5) is 0 Å². The lowest BCUT2D eigenvalue weighted by atomic mass is 10.1. The SMILES string of the molecule is CCc1ccc(-c2nc(CSc3ccccn3)cs2)cc1. The monoisotopic (exact) mass is 312 g/mol. The fraction of sp³-hybridized carbons (Fsp3) is 0.176. The molecule has 0 bridgehead atoms. The summed E-state index contributed by atoms with van der Waals surface area (Å²) in [6, 6.07) is 14.7. The van der Waals surface area contributed by atoms with Crippen molar-refractivity contribution in [2.45, 2.75) is 24.1 Å². The summed E-state index contributed by atoms with van der Waals surface area (Å²) in [6.45, 7) is 2.17. The Morgan fingerprint density at radius 3 is 2.67 bits per heavy atom. The van der Waals surface area contributed by atoms with Crippen molar-refractivity contribution in [3.8, 4) is 10.6 Å². The van der Waals surface area contributed by atoms with Gasteiger partial charge >= 0.3 is 0 Å². The molecule has 4 heteroatoms. The molecule has 0 saturated carbocycles. The molecule has 3 rings (SSSR count). The quantitative estimate of drug-likeness (QED) is 0.616. The van der Waals surface area contributed by atoms with Crippen LogP contribution in [0, 0.1) is 0 Å². The number of hydrogen-bond donors (Lipinski definition) is 0. The van der Waals surface area contributed by atoms with E-state index in [0.717, 1.165) is 27.9 Å². The van der Waals surface area contributed by atoms with Crippen LogP contribution >= 0.6 is 23.1 Å². The molecule has 0 aliphatic carbocycles. The summed E-state index contributed by atoms with van der Waals surface area (Å²) in [5.74, 6) is 0.862. The number of hydrogen-bond acceptors (Lipinski definition) is 4. The molecular formula is C17H16N2S2. The molecule has 3 aromatic rings. The van der Waals surface area contributed by atoms with Gasteiger partial charge in [-0.2, -0.15) is 0 Å². The van der Waals surface area contributed by atoms with E-state index in [4.69, 9.17) is 4.98 Å². The minimum absolute atomic E-state index is 0.862. The van der Waals surface area contributed by atoms with Crippen LogP contribution < -0.4 is 0 Å². The molecule has 0 unspecified atom stereocenters. The van der Waals surface area contributed by atoms with Crippen LogP contribution in [0.2, 0.25) is 0 Å². The number of thiazole rings is 1. The smallest absolute Gasteiger partial charge is 0.123 e. The molecule has 21 heavy (non-hydrogen) atoms. The van der Waals surface area contributed by atoms with Crippen LogP contribution in [-0.4, -0.2) is 9.97 Å². The molecule has 0 aliphatic rings. The molecule has 0 spiro atoms. The van der Waals surface area contributed by atoms with Crippen LogP contribution in [-0.2, 0) is 12.2 Å². The number of rotatable bonds is 5. The molecule has 2 nitrogen and oxygen atoms in total. The largest absolute Gasteiger partial charge is 0.250 e. The van der Waals surface area contributed by atoms with E-state index in [1.165, 1.54) is 11.1 Å². The predicted octanol–water partition coefficient (Wildman–Crippen LogP) is 5.06. The van der Waals surface area contributed by atoms with E-state index < -0.39 is 0 Å². The van der Waals surface area contributed by atoms with Gasteiger partial charge in [-0.3, -0.25) is 0 Å². The first-order valence-electron chi connectivity index (χ1n) is 6.92. The van der Waals surface area contributed by atoms with E-state index in [2.05, 4.69) is 41.6 Å². The molecule has 0 N–H and O–H groups in total. The van der Waals surface area contributed by atoms with E-state index in [9.17, 15) is 0 Å². The van der Waals surface area contributed by atoms with Crippen molar-refractivity contribution in [2.75, 3.05) is 0 Å². The highest BCUT2D eigenvalue weighted by molar-refractivity contribution is 7.98. The van der Waals surface area contributed by atoms with Crippen molar-refractivity contribution in [1.82, 2.24) is 9.97 Å². The van der Waals surface area contributed by atoms with Crippen molar-refractivity contribution in [2.24, 2.45) is 0 Å². The summed E-state index contributed by atoms with van der Waals surface area (Å²) in [4.78, 5) is 9.04. The summed E-state index contributed by atoms with van der Waals surface area (Å²) in [7, 11) is 0. The van der Waals surface area contributed by atoms with Gasteiger partial charge in [0, 0.05) is 22.9 Å². The number of benzene rings is 1. The molecule has 2 heterocycles. The highest BCUT2D eigenvalue weighted by atomic mass is 32.2. The third-order valence-electron chi connectivity index (χ3n) is 3.17. The lowest BCUT2D eigenvalue weighted by Crippen LogP contribution is -1.84. The Morgan fingerprint density at radius 2 is 1.95 bits per heavy atom. The topological polar surface area (TPSA) is 25.8 Å². The maximum absolute atomic E-state index is 4.72. The third kappa shape index (κ3) is 3.71. The van der Waals surface area contributed by atoms with Gasteiger partial charge < -0.3 is 0 Å². The van der Waals surface area contributed by atoms with Gasteiger partial charge in [0.1, 0.15) is 5.01 Å². The highest BCUT2D eigenvalue weighted by Gasteiger charge is 2.05. The van der Waals surface area contributed by atoms with Crippen LogP contribution in [0.5, 0.6) is 0 Å². The van der Waals surface area contributed by atoms with E-state index in [1.807, 2.05) is 24.4 Å². The second-order valence-electron chi connectivity index (χ2n) is 4.65. The average Bonchev–Trinajstić information content (AvgIpc) is 3.03. The number of thioether (sulfide) groups is 1. The molecule has 1 aromatic carbocycles. The molecular weight excluding hydrogens is 296 g/mol. The Bertz CT molecular complexity index is 690. The highest BCUT2D eigenvalue weighted by Crippen LogP contribution is 2.27. The van der Waals surface area contributed by atoms with Crippen molar-refractivity contribution in [3.05, 3.63) is 65.3 Å². The van der Waals surface area contributed by atoms with Gasteiger partial charge in [-0.05, 0) is 24.1 Å². The van der Waals surface area contributed by atoms with Crippen molar-refractivity contribution in [3.63, 3.8) is 0 Å². The first-order valence-corrected chi connectivity index (χ1v) is 8.79. The standard InChI is InChI=1S/C17H16N2S2/c1-2-13-6-8-14(9-7-13)17-19-15(12-21-17)11-20-16-5-3-4-10-18-16/h3-10,12H,2,11H2,1H3. The maximum Gasteiger partial charge on any atom is 0.123 e. The van der Waals surface area contributed by atoms with Crippen LogP contribution in [0.25, 0.3) is 10.6 Å². The zero-order valence-corrected chi connectivity index (χ0v) is 13.5. The summed E-state index contributed by atoms with van der Waals surface area (Å²) < 4.78 is 0. The summed E-state index contributed by atoms with van der Waals surface area (Å²) in [6.07, 6.45) is 2.90. The maximum atomic E-state index is 4.72. The molecule has 0 radical (unpaired) electrons. The van der Waals surface area contributed by atoms with Gasteiger partial charge in [0.2, 0.25) is 0 Å². The first-order chi connectivity index (χ1) is 10.3.